The van der Waals surface area contributed by atoms with Crippen molar-refractivity contribution in [1.29, 1.82) is 0 Å². The molecule has 2 rings (SSSR count). The molecule has 204 valence electrons. The van der Waals surface area contributed by atoms with Crippen molar-refractivity contribution in [2.75, 3.05) is 6.54 Å². The van der Waals surface area contributed by atoms with E-state index in [0.29, 0.717) is 32.2 Å². The lowest BCUT2D eigenvalue weighted by molar-refractivity contribution is -0.176. The highest BCUT2D eigenvalue weighted by Crippen LogP contribution is 2.21. The van der Waals surface area contributed by atoms with Crippen molar-refractivity contribution in [3.63, 3.8) is 0 Å². The quantitative estimate of drug-likeness (QED) is 0.274. The summed E-state index contributed by atoms with van der Waals surface area (Å²) in [5, 5.41) is 12.4. The van der Waals surface area contributed by atoms with E-state index in [9.17, 15) is 19.6 Å². The van der Waals surface area contributed by atoms with E-state index in [-0.39, 0.29) is 36.6 Å². The average Bonchev–Trinajstić information content (AvgIpc) is 3.41. The number of nitrogens with zero attached hydrogens (tertiary/aromatic N) is 4. The molecule has 9 heteroatoms. The number of aryl methyl sites for hydroxylation is 1. The molecule has 0 aliphatic heterocycles. The second-order valence-electron chi connectivity index (χ2n) is 9.93. The van der Waals surface area contributed by atoms with Gasteiger partial charge in [-0.1, -0.05) is 70.9 Å². The Labute approximate surface area is 220 Å². The fourth-order valence-electron chi connectivity index (χ4n) is 4.31. The standard InChI is InChI=1S/C28H43N5O4/c1-5-23(6-2)19-32(27(35)20-31-18-17-29-21-31)33(26(34)16-15-22(3)4)25(28(36)30-37)14-10-13-24-11-8-7-9-12-24/h7-9,11-12,17-18,21-23,25,37H,5-6,10,13-16,19-20H2,1-4H3,(H,30,36)/t25-/m0/s1. The van der Waals surface area contributed by atoms with Gasteiger partial charge in [-0.15, -0.1) is 0 Å². The predicted molar refractivity (Wildman–Crippen MR) is 142 cm³/mol. The Hall–Kier alpha value is -3.20. The highest BCUT2D eigenvalue weighted by atomic mass is 16.5. The van der Waals surface area contributed by atoms with Gasteiger partial charge in [0.05, 0.1) is 6.33 Å². The van der Waals surface area contributed by atoms with Crippen LogP contribution in [0.2, 0.25) is 0 Å². The fourth-order valence-corrected chi connectivity index (χ4v) is 4.31. The molecule has 0 radical (unpaired) electrons. The molecule has 0 bridgehead atoms. The van der Waals surface area contributed by atoms with E-state index in [1.165, 1.54) is 10.0 Å². The molecular formula is C28H43N5O4. The first-order valence-electron chi connectivity index (χ1n) is 13.4. The number of imidazole rings is 1. The van der Waals surface area contributed by atoms with E-state index in [4.69, 9.17) is 0 Å². The zero-order valence-electron chi connectivity index (χ0n) is 22.7. The minimum atomic E-state index is -1.02. The third kappa shape index (κ3) is 9.64. The fraction of sp³-hybridized carbons (Fsp3) is 0.571. The highest BCUT2D eigenvalue weighted by molar-refractivity contribution is 5.89. The van der Waals surface area contributed by atoms with Gasteiger partial charge in [0, 0.05) is 25.4 Å². The Balaban J connectivity index is 2.42. The van der Waals surface area contributed by atoms with Crippen LogP contribution in [0.4, 0.5) is 0 Å². The number of hydrogen-bond acceptors (Lipinski definition) is 5. The molecule has 9 nitrogen and oxygen atoms in total. The highest BCUT2D eigenvalue weighted by Gasteiger charge is 2.37. The SMILES string of the molecule is CCC(CC)CN(C(=O)Cn1ccnc1)N(C(=O)CCC(C)C)[C@@H](CCCc1ccccc1)C(=O)NO. The van der Waals surface area contributed by atoms with Crippen molar-refractivity contribution in [3.8, 4) is 0 Å². The van der Waals surface area contributed by atoms with Crippen LogP contribution in [-0.4, -0.2) is 55.1 Å². The van der Waals surface area contributed by atoms with Crippen molar-refractivity contribution in [2.45, 2.75) is 85.2 Å². The molecule has 2 N–H and O–H groups in total. The second-order valence-corrected chi connectivity index (χ2v) is 9.93. The number of nitrogens with one attached hydrogen (secondary N) is 1. The third-order valence-corrected chi connectivity index (χ3v) is 6.70. The Morgan fingerprint density at radius 3 is 2.32 bits per heavy atom. The first kappa shape index (κ1) is 30.0. The van der Waals surface area contributed by atoms with Crippen molar-refractivity contribution in [1.82, 2.24) is 25.0 Å². The van der Waals surface area contributed by atoms with Gasteiger partial charge in [-0.05, 0) is 43.1 Å². The predicted octanol–water partition coefficient (Wildman–Crippen LogP) is 4.22. The summed E-state index contributed by atoms with van der Waals surface area (Å²) in [6, 6.07) is 8.88. The molecule has 0 saturated carbocycles. The minimum Gasteiger partial charge on any atom is -0.328 e. The van der Waals surface area contributed by atoms with E-state index >= 15 is 0 Å². The third-order valence-electron chi connectivity index (χ3n) is 6.70. The van der Waals surface area contributed by atoms with Crippen molar-refractivity contribution < 1.29 is 19.6 Å². The van der Waals surface area contributed by atoms with Gasteiger partial charge in [-0.25, -0.2) is 20.5 Å². The first-order chi connectivity index (χ1) is 17.8. The normalized spacial score (nSPS) is 12.0. The number of amides is 3. The number of carbonyl (C=O) groups is 3. The van der Waals surface area contributed by atoms with E-state index < -0.39 is 11.9 Å². The van der Waals surface area contributed by atoms with Crippen LogP contribution in [0.3, 0.4) is 0 Å². The van der Waals surface area contributed by atoms with Gasteiger partial charge in [0.2, 0.25) is 5.91 Å². The van der Waals surface area contributed by atoms with Crippen LogP contribution in [0, 0.1) is 11.8 Å². The molecule has 1 aromatic carbocycles. The van der Waals surface area contributed by atoms with E-state index in [2.05, 4.69) is 18.8 Å². The number of rotatable bonds is 15. The van der Waals surface area contributed by atoms with Gasteiger partial charge in [-0.2, -0.15) is 0 Å². The van der Waals surface area contributed by atoms with Gasteiger partial charge in [0.1, 0.15) is 12.6 Å². The molecule has 0 fully saturated rings. The first-order valence-corrected chi connectivity index (χ1v) is 13.4. The molecule has 2 aromatic rings. The van der Waals surface area contributed by atoms with E-state index in [1.807, 2.05) is 44.2 Å². The number of benzene rings is 1. The van der Waals surface area contributed by atoms with Gasteiger partial charge in [0.25, 0.3) is 11.8 Å². The molecule has 1 atom stereocenters. The maximum absolute atomic E-state index is 13.7. The molecule has 0 unspecified atom stereocenters. The molecule has 1 heterocycles. The summed E-state index contributed by atoms with van der Waals surface area (Å²) in [5.74, 6) is -0.873. The Bertz CT molecular complexity index is 945. The maximum atomic E-state index is 13.7. The summed E-state index contributed by atoms with van der Waals surface area (Å²) in [4.78, 5) is 44.4. The lowest BCUT2D eigenvalue weighted by Gasteiger charge is -2.41. The van der Waals surface area contributed by atoms with Gasteiger partial charge < -0.3 is 4.57 Å². The molecular weight excluding hydrogens is 470 g/mol. The van der Waals surface area contributed by atoms with Gasteiger partial charge >= 0.3 is 0 Å². The summed E-state index contributed by atoms with van der Waals surface area (Å²) in [7, 11) is 0. The van der Waals surface area contributed by atoms with Crippen LogP contribution in [0.25, 0.3) is 0 Å². The molecule has 0 aliphatic carbocycles. The molecule has 1 aromatic heterocycles. The van der Waals surface area contributed by atoms with Crippen LogP contribution in [0.5, 0.6) is 0 Å². The number of hydrazine groups is 1. The van der Waals surface area contributed by atoms with Gasteiger partial charge in [0.15, 0.2) is 0 Å². The monoisotopic (exact) mass is 513 g/mol. The van der Waals surface area contributed by atoms with Crippen LogP contribution in [0.1, 0.15) is 71.8 Å². The summed E-state index contributed by atoms with van der Waals surface area (Å²) >= 11 is 0. The van der Waals surface area contributed by atoms with Crippen LogP contribution < -0.4 is 5.48 Å². The lowest BCUT2D eigenvalue weighted by Crippen LogP contribution is -2.60. The number of hydrogen-bond donors (Lipinski definition) is 2. The molecule has 3 amide bonds. The lowest BCUT2D eigenvalue weighted by atomic mass is 10.0. The summed E-state index contributed by atoms with van der Waals surface area (Å²) in [6.45, 7) is 8.46. The minimum absolute atomic E-state index is 0.00834. The molecule has 0 aliphatic rings. The zero-order chi connectivity index (χ0) is 27.2. The Kier molecular flexibility index (Phi) is 12.8. The van der Waals surface area contributed by atoms with E-state index in [0.717, 1.165) is 18.4 Å². The molecule has 0 spiro atoms. The maximum Gasteiger partial charge on any atom is 0.268 e. The second kappa shape index (κ2) is 15.8. The van der Waals surface area contributed by atoms with Crippen molar-refractivity contribution in [2.24, 2.45) is 11.8 Å². The van der Waals surface area contributed by atoms with Crippen molar-refractivity contribution in [3.05, 3.63) is 54.6 Å². The summed E-state index contributed by atoms with van der Waals surface area (Å²) < 4.78 is 1.65. The smallest absolute Gasteiger partial charge is 0.268 e. The molecule has 37 heavy (non-hydrogen) atoms. The topological polar surface area (TPSA) is 108 Å². The Morgan fingerprint density at radius 1 is 1.05 bits per heavy atom. The summed E-state index contributed by atoms with van der Waals surface area (Å²) in [6.07, 6.45) is 8.91. The molecule has 0 saturated heterocycles. The number of hydroxylamine groups is 1. The van der Waals surface area contributed by atoms with Crippen LogP contribution in [-0.2, 0) is 27.3 Å². The van der Waals surface area contributed by atoms with Gasteiger partial charge in [-0.3, -0.25) is 19.6 Å². The van der Waals surface area contributed by atoms with Crippen LogP contribution >= 0.6 is 0 Å². The van der Waals surface area contributed by atoms with Crippen LogP contribution in [0.15, 0.2) is 49.1 Å². The van der Waals surface area contributed by atoms with E-state index in [1.54, 1.807) is 28.8 Å². The zero-order valence-corrected chi connectivity index (χ0v) is 22.7. The largest absolute Gasteiger partial charge is 0.328 e. The number of aromatic nitrogens is 2. The average molecular weight is 514 g/mol. The summed E-state index contributed by atoms with van der Waals surface area (Å²) in [5.41, 5.74) is 2.87. The Morgan fingerprint density at radius 2 is 1.76 bits per heavy atom. The van der Waals surface area contributed by atoms with Crippen molar-refractivity contribution >= 4 is 17.7 Å². The number of carbonyl (C=O) groups excluding carboxylic acids is 3.